The predicted octanol–water partition coefficient (Wildman–Crippen LogP) is 5.68. The Morgan fingerprint density at radius 3 is 2.29 bits per heavy atom. The maximum Gasteiger partial charge on any atom is 0.317 e. The molecule has 0 amide bonds. The molecular formula is C24H20BrN3O6. The Morgan fingerprint density at radius 1 is 1.00 bits per heavy atom. The van der Waals surface area contributed by atoms with Crippen molar-refractivity contribution in [2.75, 3.05) is 25.1 Å². The molecule has 0 radical (unpaired) electrons. The highest BCUT2D eigenvalue weighted by atomic mass is 79.9. The van der Waals surface area contributed by atoms with Gasteiger partial charge in [0.2, 0.25) is 0 Å². The molecule has 0 aliphatic carbocycles. The summed E-state index contributed by atoms with van der Waals surface area (Å²) in [6, 6.07) is 17.9. The van der Waals surface area contributed by atoms with Crippen LogP contribution in [-0.4, -0.2) is 35.8 Å². The molecule has 0 saturated heterocycles. The molecule has 0 bridgehead atoms. The third-order valence-corrected chi connectivity index (χ3v) is 5.45. The highest BCUT2D eigenvalue weighted by molar-refractivity contribution is 9.10. The third-order valence-electron chi connectivity index (χ3n) is 4.92. The molecule has 0 spiro atoms. The van der Waals surface area contributed by atoms with Crippen LogP contribution in [-0.2, 0) is 0 Å². The van der Waals surface area contributed by atoms with Gasteiger partial charge in [-0.1, -0.05) is 34.1 Å². The van der Waals surface area contributed by atoms with Gasteiger partial charge in [0, 0.05) is 28.8 Å². The number of anilines is 1. The number of rotatable bonds is 10. The maximum atomic E-state index is 12.3. The number of carbonyl (C=O) groups is 1. The standard InChI is InChI=1S/C24H20BrN3O6/c1-26(14-15-34-24-13-11-21(27(30)31)16-22(24)28(32)33)20-9-2-17(3-10-20)4-12-23(29)18-5-7-19(25)8-6-18/h2-13,16H,14-15H2,1H3/b12-4+. The number of carbonyl (C=O) groups excluding carboxylic acids is 1. The second kappa shape index (κ2) is 11.2. The van der Waals surface area contributed by atoms with Crippen molar-refractivity contribution in [1.29, 1.82) is 0 Å². The first-order valence-electron chi connectivity index (χ1n) is 10.1. The Bertz CT molecular complexity index is 1230. The van der Waals surface area contributed by atoms with Crippen LogP contribution in [0.2, 0.25) is 0 Å². The topological polar surface area (TPSA) is 116 Å². The van der Waals surface area contributed by atoms with E-state index < -0.39 is 15.5 Å². The molecule has 34 heavy (non-hydrogen) atoms. The molecular weight excluding hydrogens is 506 g/mol. The van der Waals surface area contributed by atoms with Gasteiger partial charge in [-0.2, -0.15) is 0 Å². The summed E-state index contributed by atoms with van der Waals surface area (Å²) in [5, 5.41) is 22.0. The van der Waals surface area contributed by atoms with E-state index in [1.807, 2.05) is 48.3 Å². The van der Waals surface area contributed by atoms with Crippen molar-refractivity contribution in [2.45, 2.75) is 0 Å². The maximum absolute atomic E-state index is 12.3. The first kappa shape index (κ1) is 24.6. The lowest BCUT2D eigenvalue weighted by Gasteiger charge is -2.19. The van der Waals surface area contributed by atoms with E-state index in [2.05, 4.69) is 15.9 Å². The van der Waals surface area contributed by atoms with Crippen LogP contribution < -0.4 is 9.64 Å². The number of halogens is 1. The van der Waals surface area contributed by atoms with Crippen LogP contribution in [0.4, 0.5) is 17.1 Å². The number of nitro benzene ring substituents is 2. The molecule has 174 valence electrons. The Labute approximate surface area is 203 Å². The SMILES string of the molecule is CN(CCOc1ccc([N+](=O)[O-])cc1[N+](=O)[O-])c1ccc(/C=C/C(=O)c2ccc(Br)cc2)cc1. The van der Waals surface area contributed by atoms with Crippen molar-refractivity contribution in [1.82, 2.24) is 0 Å². The smallest absolute Gasteiger partial charge is 0.317 e. The van der Waals surface area contributed by atoms with Crippen LogP contribution in [0.15, 0.2) is 77.3 Å². The monoisotopic (exact) mass is 525 g/mol. The zero-order chi connectivity index (χ0) is 24.7. The summed E-state index contributed by atoms with van der Waals surface area (Å²) in [7, 11) is 1.84. The van der Waals surface area contributed by atoms with E-state index in [9.17, 15) is 25.0 Å². The number of hydrogen-bond acceptors (Lipinski definition) is 7. The van der Waals surface area contributed by atoms with Gasteiger partial charge < -0.3 is 9.64 Å². The number of likely N-dealkylation sites (N-methyl/N-ethyl adjacent to an activating group) is 1. The number of ether oxygens (including phenoxy) is 1. The van der Waals surface area contributed by atoms with Gasteiger partial charge in [0.05, 0.1) is 22.5 Å². The van der Waals surface area contributed by atoms with Crippen LogP contribution in [0.5, 0.6) is 5.75 Å². The quantitative estimate of drug-likeness (QED) is 0.145. The van der Waals surface area contributed by atoms with Gasteiger partial charge in [-0.25, -0.2) is 0 Å². The summed E-state index contributed by atoms with van der Waals surface area (Å²) >= 11 is 3.34. The molecule has 0 aliphatic heterocycles. The fourth-order valence-electron chi connectivity index (χ4n) is 3.03. The lowest BCUT2D eigenvalue weighted by Crippen LogP contribution is -2.23. The van der Waals surface area contributed by atoms with Crippen LogP contribution in [0.3, 0.4) is 0 Å². The van der Waals surface area contributed by atoms with Gasteiger partial charge >= 0.3 is 5.69 Å². The van der Waals surface area contributed by atoms with E-state index >= 15 is 0 Å². The number of ketones is 1. The zero-order valence-corrected chi connectivity index (χ0v) is 19.7. The van der Waals surface area contributed by atoms with Crippen molar-refractivity contribution in [3.63, 3.8) is 0 Å². The van der Waals surface area contributed by atoms with Gasteiger partial charge in [0.25, 0.3) is 5.69 Å². The van der Waals surface area contributed by atoms with Crippen LogP contribution >= 0.6 is 15.9 Å². The van der Waals surface area contributed by atoms with Crippen molar-refractivity contribution in [2.24, 2.45) is 0 Å². The van der Waals surface area contributed by atoms with E-state index in [-0.39, 0.29) is 23.8 Å². The molecule has 3 rings (SSSR count). The minimum atomic E-state index is -0.709. The molecule has 0 fully saturated rings. The molecule has 0 aliphatic rings. The number of nitrogens with zero attached hydrogens (tertiary/aromatic N) is 3. The van der Waals surface area contributed by atoms with Crippen LogP contribution in [0.1, 0.15) is 15.9 Å². The highest BCUT2D eigenvalue weighted by Gasteiger charge is 2.20. The van der Waals surface area contributed by atoms with E-state index in [1.54, 1.807) is 18.2 Å². The van der Waals surface area contributed by atoms with Gasteiger partial charge in [0.15, 0.2) is 11.5 Å². The number of non-ortho nitro benzene ring substituents is 1. The second-order valence-electron chi connectivity index (χ2n) is 7.23. The molecule has 0 saturated carbocycles. The van der Waals surface area contributed by atoms with E-state index in [1.165, 1.54) is 18.2 Å². The molecule has 3 aromatic carbocycles. The molecule has 9 nitrogen and oxygen atoms in total. The number of nitro groups is 2. The summed E-state index contributed by atoms with van der Waals surface area (Å²) in [6.45, 7) is 0.559. The van der Waals surface area contributed by atoms with Gasteiger partial charge in [0.1, 0.15) is 6.61 Å². The molecule has 0 atom stereocenters. The summed E-state index contributed by atoms with van der Waals surface area (Å²) < 4.78 is 6.41. The Balaban J connectivity index is 1.56. The van der Waals surface area contributed by atoms with Crippen LogP contribution in [0.25, 0.3) is 6.08 Å². The summed E-state index contributed by atoms with van der Waals surface area (Å²) in [5.41, 5.74) is 1.53. The second-order valence-corrected chi connectivity index (χ2v) is 8.15. The molecule has 0 aromatic heterocycles. The first-order valence-corrected chi connectivity index (χ1v) is 10.9. The molecule has 10 heteroatoms. The summed E-state index contributed by atoms with van der Waals surface area (Å²) in [4.78, 5) is 34.8. The summed E-state index contributed by atoms with van der Waals surface area (Å²) in [6.07, 6.45) is 3.26. The zero-order valence-electron chi connectivity index (χ0n) is 18.1. The Hall–Kier alpha value is -4.05. The van der Waals surface area contributed by atoms with E-state index in [0.29, 0.717) is 12.1 Å². The number of allylic oxidation sites excluding steroid dienone is 1. The molecule has 0 N–H and O–H groups in total. The Morgan fingerprint density at radius 2 is 1.68 bits per heavy atom. The van der Waals surface area contributed by atoms with E-state index in [4.69, 9.17) is 4.74 Å². The van der Waals surface area contributed by atoms with Crippen molar-refractivity contribution in [3.8, 4) is 5.75 Å². The lowest BCUT2D eigenvalue weighted by atomic mass is 10.1. The Kier molecular flexibility index (Phi) is 8.10. The van der Waals surface area contributed by atoms with Crippen LogP contribution in [0, 0.1) is 20.2 Å². The van der Waals surface area contributed by atoms with Crippen molar-refractivity contribution < 1.29 is 19.4 Å². The predicted molar refractivity (Wildman–Crippen MR) is 132 cm³/mol. The van der Waals surface area contributed by atoms with Crippen molar-refractivity contribution >= 4 is 44.9 Å². The van der Waals surface area contributed by atoms with E-state index in [0.717, 1.165) is 21.8 Å². The molecule has 3 aromatic rings. The molecule has 0 unspecified atom stereocenters. The normalized spacial score (nSPS) is 10.8. The van der Waals surface area contributed by atoms with Crippen molar-refractivity contribution in [3.05, 3.63) is 109 Å². The fourth-order valence-corrected chi connectivity index (χ4v) is 3.29. The molecule has 0 heterocycles. The number of hydrogen-bond donors (Lipinski definition) is 0. The third kappa shape index (κ3) is 6.48. The fraction of sp³-hybridized carbons (Fsp3) is 0.125. The average Bonchev–Trinajstić information content (AvgIpc) is 2.83. The average molecular weight is 526 g/mol. The first-order chi connectivity index (χ1) is 16.2. The lowest BCUT2D eigenvalue weighted by molar-refractivity contribution is -0.394. The minimum absolute atomic E-state index is 0.0278. The van der Waals surface area contributed by atoms with Gasteiger partial charge in [-0.05, 0) is 54.1 Å². The van der Waals surface area contributed by atoms with Gasteiger partial charge in [-0.15, -0.1) is 0 Å². The highest BCUT2D eigenvalue weighted by Crippen LogP contribution is 2.31. The van der Waals surface area contributed by atoms with Gasteiger partial charge in [-0.3, -0.25) is 25.0 Å². The number of benzene rings is 3. The summed E-state index contributed by atoms with van der Waals surface area (Å²) in [5.74, 6) is -0.119. The largest absolute Gasteiger partial charge is 0.485 e. The minimum Gasteiger partial charge on any atom is -0.485 e.